The van der Waals surface area contributed by atoms with Crippen LogP contribution in [0.5, 0.6) is 0 Å². The fourth-order valence-corrected chi connectivity index (χ4v) is 2.58. The Bertz CT molecular complexity index is 951. The third-order valence-corrected chi connectivity index (χ3v) is 4.32. The van der Waals surface area contributed by atoms with Gasteiger partial charge in [-0.3, -0.25) is 29.8 Å². The van der Waals surface area contributed by atoms with Crippen molar-refractivity contribution in [3.8, 4) is 0 Å². The summed E-state index contributed by atoms with van der Waals surface area (Å²) < 4.78 is 0. The van der Waals surface area contributed by atoms with Crippen molar-refractivity contribution in [2.45, 2.75) is 32.1 Å². The number of non-ortho nitro benzene ring substituents is 2. The maximum absolute atomic E-state index is 11.8. The van der Waals surface area contributed by atoms with Crippen LogP contribution in [0.15, 0.2) is 58.7 Å². The number of nitro groups is 2. The number of nitrogens with zero attached hydrogens (tertiary/aromatic N) is 4. The number of hydrogen-bond acceptors (Lipinski definition) is 8. The highest BCUT2D eigenvalue weighted by atomic mass is 16.6. The fourth-order valence-electron chi connectivity index (χ4n) is 2.58. The summed E-state index contributed by atoms with van der Waals surface area (Å²) >= 11 is 0. The van der Waals surface area contributed by atoms with Crippen molar-refractivity contribution in [2.75, 3.05) is 0 Å². The van der Waals surface area contributed by atoms with E-state index in [2.05, 4.69) is 21.1 Å². The Morgan fingerprint density at radius 3 is 1.39 bits per heavy atom. The molecule has 0 heterocycles. The maximum atomic E-state index is 11.8. The number of amides is 2. The minimum atomic E-state index is -0.499. The summed E-state index contributed by atoms with van der Waals surface area (Å²) in [4.78, 5) is 43.7. The van der Waals surface area contributed by atoms with Crippen LogP contribution in [0.25, 0.3) is 0 Å². The van der Waals surface area contributed by atoms with Gasteiger partial charge in [-0.25, -0.2) is 10.9 Å². The predicted molar refractivity (Wildman–Crippen MR) is 121 cm³/mol. The number of rotatable bonds is 12. The Kier molecular flexibility index (Phi) is 9.80. The molecule has 2 amide bonds. The number of hydrogen-bond donors (Lipinski definition) is 2. The predicted octanol–water partition coefficient (Wildman–Crippen LogP) is 3.05. The molecule has 12 nitrogen and oxygen atoms in total. The van der Waals surface area contributed by atoms with E-state index >= 15 is 0 Å². The molecule has 2 N–H and O–H groups in total. The molecular formula is C21H22N6O6. The first-order valence-electron chi connectivity index (χ1n) is 9.98. The molecule has 0 saturated carbocycles. The highest BCUT2D eigenvalue weighted by Crippen LogP contribution is 2.11. The van der Waals surface area contributed by atoms with Crippen LogP contribution in [0.2, 0.25) is 0 Å². The SMILES string of the molecule is O=C(CCCCCC(=O)N/N=C/c1ccc([N+](=O)[O-])cc1)N/N=C/c1ccc([N+](=O)[O-])cc1. The number of unbranched alkanes of at least 4 members (excludes halogenated alkanes) is 2. The Hall–Kier alpha value is -4.48. The average molecular weight is 454 g/mol. The molecule has 0 saturated heterocycles. The second-order valence-electron chi connectivity index (χ2n) is 6.84. The molecule has 2 rings (SSSR count). The number of nitrogens with one attached hydrogen (secondary N) is 2. The van der Waals surface area contributed by atoms with Gasteiger partial charge >= 0.3 is 0 Å². The number of carbonyl (C=O) groups excluding carboxylic acids is 2. The maximum Gasteiger partial charge on any atom is 0.269 e. The fraction of sp³-hybridized carbons (Fsp3) is 0.238. The Balaban J connectivity index is 1.56. The molecule has 0 atom stereocenters. The molecule has 0 aliphatic rings. The number of hydrazone groups is 2. The van der Waals surface area contributed by atoms with E-state index < -0.39 is 9.85 Å². The lowest BCUT2D eigenvalue weighted by Gasteiger charge is -2.01. The standard InChI is InChI=1S/C21H22N6O6/c28-20(24-22-14-16-6-10-18(11-7-16)26(30)31)4-2-1-3-5-21(29)25-23-15-17-8-12-19(13-9-17)27(32)33/h6-15H,1-5H2,(H,24,28)(H,25,29)/b22-14+,23-15+. The second-order valence-corrected chi connectivity index (χ2v) is 6.84. The van der Waals surface area contributed by atoms with Crippen LogP contribution in [-0.2, 0) is 9.59 Å². The van der Waals surface area contributed by atoms with Crippen molar-refractivity contribution >= 4 is 35.6 Å². The zero-order valence-electron chi connectivity index (χ0n) is 17.5. The van der Waals surface area contributed by atoms with E-state index in [0.717, 1.165) is 0 Å². The van der Waals surface area contributed by atoms with E-state index in [9.17, 15) is 29.8 Å². The van der Waals surface area contributed by atoms with Crippen molar-refractivity contribution in [3.05, 3.63) is 79.9 Å². The first kappa shape index (κ1) is 24.8. The van der Waals surface area contributed by atoms with Gasteiger partial charge in [-0.15, -0.1) is 0 Å². The molecule has 0 spiro atoms. The molecule has 0 aromatic heterocycles. The first-order chi connectivity index (χ1) is 15.8. The molecule has 2 aromatic carbocycles. The smallest absolute Gasteiger partial charge is 0.269 e. The summed E-state index contributed by atoms with van der Waals surface area (Å²) in [7, 11) is 0. The molecule has 0 fully saturated rings. The van der Waals surface area contributed by atoms with Gasteiger partial charge in [0.25, 0.3) is 11.4 Å². The van der Waals surface area contributed by atoms with E-state index in [1.54, 1.807) is 0 Å². The molecule has 0 unspecified atom stereocenters. The molecule has 2 aromatic rings. The van der Waals surface area contributed by atoms with Crippen molar-refractivity contribution in [1.29, 1.82) is 0 Å². The van der Waals surface area contributed by atoms with Crippen LogP contribution in [0.1, 0.15) is 43.2 Å². The van der Waals surface area contributed by atoms with Crippen molar-refractivity contribution in [1.82, 2.24) is 10.9 Å². The normalized spacial score (nSPS) is 10.9. The van der Waals surface area contributed by atoms with Crippen molar-refractivity contribution in [3.63, 3.8) is 0 Å². The Morgan fingerprint density at radius 1 is 0.697 bits per heavy atom. The average Bonchev–Trinajstić information content (AvgIpc) is 2.79. The lowest BCUT2D eigenvalue weighted by atomic mass is 10.1. The molecule has 33 heavy (non-hydrogen) atoms. The zero-order valence-corrected chi connectivity index (χ0v) is 17.5. The molecule has 0 radical (unpaired) electrons. The van der Waals surface area contributed by atoms with Crippen LogP contribution in [-0.4, -0.2) is 34.1 Å². The number of benzene rings is 2. The second kappa shape index (κ2) is 13.0. The topological polar surface area (TPSA) is 169 Å². The van der Waals surface area contributed by atoms with Gasteiger partial charge in [-0.1, -0.05) is 6.42 Å². The summed E-state index contributed by atoms with van der Waals surface area (Å²) in [5, 5.41) is 28.8. The van der Waals surface area contributed by atoms with Gasteiger partial charge in [0.1, 0.15) is 0 Å². The first-order valence-corrected chi connectivity index (χ1v) is 9.98. The van der Waals surface area contributed by atoms with E-state index in [-0.39, 0.29) is 36.0 Å². The lowest BCUT2D eigenvalue weighted by Crippen LogP contribution is -2.18. The van der Waals surface area contributed by atoms with E-state index in [0.29, 0.717) is 30.4 Å². The van der Waals surface area contributed by atoms with Crippen LogP contribution in [0.3, 0.4) is 0 Å². The molecule has 0 bridgehead atoms. The molecular weight excluding hydrogens is 432 g/mol. The van der Waals surface area contributed by atoms with Gasteiger partial charge in [0, 0.05) is 37.1 Å². The minimum Gasteiger partial charge on any atom is -0.273 e. The van der Waals surface area contributed by atoms with Gasteiger partial charge < -0.3 is 0 Å². The third-order valence-electron chi connectivity index (χ3n) is 4.32. The quantitative estimate of drug-likeness (QED) is 0.216. The van der Waals surface area contributed by atoms with Gasteiger partial charge in [0.05, 0.1) is 22.3 Å². The van der Waals surface area contributed by atoms with E-state index in [1.165, 1.54) is 61.0 Å². The van der Waals surface area contributed by atoms with E-state index in [4.69, 9.17) is 0 Å². The number of nitro benzene ring substituents is 2. The highest BCUT2D eigenvalue weighted by molar-refractivity contribution is 5.83. The van der Waals surface area contributed by atoms with Crippen molar-refractivity contribution < 1.29 is 19.4 Å². The van der Waals surface area contributed by atoms with Crippen molar-refractivity contribution in [2.24, 2.45) is 10.2 Å². The van der Waals surface area contributed by atoms with Gasteiger partial charge in [-0.2, -0.15) is 10.2 Å². The summed E-state index contributed by atoms with van der Waals surface area (Å²) in [6.45, 7) is 0. The van der Waals surface area contributed by atoms with E-state index in [1.807, 2.05) is 0 Å². The molecule has 0 aliphatic carbocycles. The van der Waals surface area contributed by atoms with Gasteiger partial charge in [0.15, 0.2) is 0 Å². The lowest BCUT2D eigenvalue weighted by molar-refractivity contribution is -0.385. The molecule has 172 valence electrons. The van der Waals surface area contributed by atoms with Crippen LogP contribution >= 0.6 is 0 Å². The summed E-state index contributed by atoms with van der Waals surface area (Å²) in [5.74, 6) is -0.546. The Labute approximate surface area is 188 Å². The largest absolute Gasteiger partial charge is 0.273 e. The number of carbonyl (C=O) groups is 2. The summed E-state index contributed by atoms with van der Waals surface area (Å²) in [5.41, 5.74) is 5.94. The molecule has 12 heteroatoms. The highest BCUT2D eigenvalue weighted by Gasteiger charge is 2.05. The molecule has 0 aliphatic heterocycles. The third kappa shape index (κ3) is 9.46. The van der Waals surface area contributed by atoms with Crippen LogP contribution in [0.4, 0.5) is 11.4 Å². The zero-order chi connectivity index (χ0) is 24.1. The minimum absolute atomic E-state index is 0.0267. The van der Waals surface area contributed by atoms with Crippen LogP contribution in [0, 0.1) is 20.2 Å². The monoisotopic (exact) mass is 454 g/mol. The van der Waals surface area contributed by atoms with Gasteiger partial charge in [0.2, 0.25) is 11.8 Å². The Morgan fingerprint density at radius 2 is 1.06 bits per heavy atom. The van der Waals surface area contributed by atoms with Crippen LogP contribution < -0.4 is 10.9 Å². The summed E-state index contributed by atoms with van der Waals surface area (Å²) in [6.07, 6.45) is 5.11. The van der Waals surface area contributed by atoms with Gasteiger partial charge in [-0.05, 0) is 48.2 Å². The summed E-state index contributed by atoms with van der Waals surface area (Å²) in [6, 6.07) is 11.5.